The van der Waals surface area contributed by atoms with E-state index in [2.05, 4.69) is 37.4 Å². The monoisotopic (exact) mass is 459 g/mol. The zero-order chi connectivity index (χ0) is 21.9. The van der Waals surface area contributed by atoms with E-state index >= 15 is 0 Å². The van der Waals surface area contributed by atoms with Crippen LogP contribution < -0.4 is 5.32 Å². The van der Waals surface area contributed by atoms with E-state index < -0.39 is 9.84 Å². The number of nitrogens with one attached hydrogen (secondary N) is 1. The summed E-state index contributed by atoms with van der Waals surface area (Å²) >= 11 is 7.73. The van der Waals surface area contributed by atoms with E-state index in [0.29, 0.717) is 21.8 Å². The second-order valence-corrected chi connectivity index (χ2v) is 10.9. The molecule has 0 heterocycles. The highest BCUT2D eigenvalue weighted by Gasteiger charge is 2.13. The predicted molar refractivity (Wildman–Crippen MR) is 124 cm³/mol. The van der Waals surface area contributed by atoms with Gasteiger partial charge in [0.1, 0.15) is 0 Å². The van der Waals surface area contributed by atoms with Crippen LogP contribution in [0.3, 0.4) is 0 Å². The third-order valence-electron chi connectivity index (χ3n) is 4.39. The van der Waals surface area contributed by atoms with E-state index in [1.54, 1.807) is 48.2 Å². The summed E-state index contributed by atoms with van der Waals surface area (Å²) in [4.78, 5) is 14.7. The minimum Gasteiger partial charge on any atom is -0.321 e. The number of aryl methyl sites for hydroxylation is 2. The molecule has 0 atom stereocenters. The Kier molecular flexibility index (Phi) is 6.91. The van der Waals surface area contributed by atoms with E-state index in [4.69, 9.17) is 11.6 Å². The Morgan fingerprint density at radius 2 is 1.63 bits per heavy atom. The van der Waals surface area contributed by atoms with Gasteiger partial charge in [0.2, 0.25) is 0 Å². The molecule has 1 amide bonds. The zero-order valence-corrected chi connectivity index (χ0v) is 19.3. The zero-order valence-electron chi connectivity index (χ0n) is 16.9. The summed E-state index contributed by atoms with van der Waals surface area (Å²) in [6, 6.07) is 18.2. The number of sulfone groups is 1. The van der Waals surface area contributed by atoms with Crippen LogP contribution in [0.25, 0.3) is 0 Å². The first-order chi connectivity index (χ1) is 14.1. The van der Waals surface area contributed by atoms with Crippen molar-refractivity contribution < 1.29 is 13.2 Å². The summed E-state index contributed by atoms with van der Waals surface area (Å²) in [5, 5.41) is 3.45. The molecule has 0 fully saturated rings. The highest BCUT2D eigenvalue weighted by Crippen LogP contribution is 2.37. The van der Waals surface area contributed by atoms with Crippen molar-refractivity contribution in [3.8, 4) is 0 Å². The average Bonchev–Trinajstić information content (AvgIpc) is 2.65. The SMILES string of the molecule is Cc1ccc(Sc2ccc(Cl)cc2NC(=O)c2ccc(CS(C)(=O)=O)cc2)c(C)c1. The van der Waals surface area contributed by atoms with Crippen LogP contribution in [0.15, 0.2) is 70.5 Å². The van der Waals surface area contributed by atoms with Crippen LogP contribution in [0.5, 0.6) is 0 Å². The molecule has 1 N–H and O–H groups in total. The molecule has 0 unspecified atom stereocenters. The van der Waals surface area contributed by atoms with Gasteiger partial charge in [-0.25, -0.2) is 8.42 Å². The summed E-state index contributed by atoms with van der Waals surface area (Å²) in [5.41, 5.74) is 4.06. The fourth-order valence-corrected chi connectivity index (χ4v) is 4.89. The smallest absolute Gasteiger partial charge is 0.255 e. The number of anilines is 1. The van der Waals surface area contributed by atoms with Crippen molar-refractivity contribution in [1.29, 1.82) is 0 Å². The first kappa shape index (κ1) is 22.4. The standard InChI is InChI=1S/C23H22ClNO3S2/c1-15-4-10-21(16(2)12-15)29-22-11-9-19(24)13-20(22)25-23(26)18-7-5-17(6-8-18)14-30(3,27)28/h4-13H,14H2,1-3H3,(H,25,26). The van der Waals surface area contributed by atoms with E-state index in [1.165, 1.54) is 11.8 Å². The summed E-state index contributed by atoms with van der Waals surface area (Å²) in [6.07, 6.45) is 1.18. The normalized spacial score (nSPS) is 11.3. The van der Waals surface area contributed by atoms with Crippen LogP contribution in [-0.2, 0) is 15.6 Å². The number of carbonyl (C=O) groups is 1. The molecule has 3 aromatic rings. The molecule has 156 valence electrons. The molecule has 0 bridgehead atoms. The Morgan fingerprint density at radius 1 is 0.967 bits per heavy atom. The maximum Gasteiger partial charge on any atom is 0.255 e. The van der Waals surface area contributed by atoms with Crippen LogP contribution >= 0.6 is 23.4 Å². The molecule has 0 radical (unpaired) electrons. The van der Waals surface area contributed by atoms with Gasteiger partial charge in [-0.3, -0.25) is 4.79 Å². The molecule has 0 saturated carbocycles. The third kappa shape index (κ3) is 6.11. The second kappa shape index (κ2) is 9.25. The summed E-state index contributed by atoms with van der Waals surface area (Å²) < 4.78 is 22.9. The van der Waals surface area contributed by atoms with Crippen molar-refractivity contribution in [1.82, 2.24) is 0 Å². The molecule has 0 aliphatic carbocycles. The maximum absolute atomic E-state index is 12.8. The number of carbonyl (C=O) groups excluding carboxylic acids is 1. The topological polar surface area (TPSA) is 63.2 Å². The van der Waals surface area contributed by atoms with E-state index in [-0.39, 0.29) is 11.7 Å². The van der Waals surface area contributed by atoms with Gasteiger partial charge in [0, 0.05) is 26.6 Å². The third-order valence-corrected chi connectivity index (χ3v) is 6.73. The molecule has 3 aromatic carbocycles. The van der Waals surface area contributed by atoms with E-state index in [0.717, 1.165) is 15.4 Å². The predicted octanol–water partition coefficient (Wildman–Crippen LogP) is 5.90. The second-order valence-electron chi connectivity index (χ2n) is 7.23. The average molecular weight is 460 g/mol. The first-order valence-corrected chi connectivity index (χ1v) is 12.5. The van der Waals surface area contributed by atoms with E-state index in [9.17, 15) is 13.2 Å². The Bertz CT molecular complexity index is 1190. The first-order valence-electron chi connectivity index (χ1n) is 9.23. The van der Waals surface area contributed by atoms with Gasteiger partial charge in [0.05, 0.1) is 11.4 Å². The minimum atomic E-state index is -3.12. The van der Waals surface area contributed by atoms with Gasteiger partial charge in [-0.15, -0.1) is 0 Å². The number of halogens is 1. The number of hydrogen-bond acceptors (Lipinski definition) is 4. The fourth-order valence-electron chi connectivity index (χ4n) is 2.97. The van der Waals surface area contributed by atoms with Gasteiger partial charge >= 0.3 is 0 Å². The van der Waals surface area contributed by atoms with Crippen LogP contribution in [0.4, 0.5) is 5.69 Å². The molecule has 0 saturated heterocycles. The van der Waals surface area contributed by atoms with Crippen molar-refractivity contribution in [2.24, 2.45) is 0 Å². The van der Waals surface area contributed by atoms with Crippen molar-refractivity contribution in [2.75, 3.05) is 11.6 Å². The molecule has 0 aromatic heterocycles. The van der Waals surface area contributed by atoms with Crippen LogP contribution in [0, 0.1) is 13.8 Å². The Morgan fingerprint density at radius 3 is 2.27 bits per heavy atom. The summed E-state index contributed by atoms with van der Waals surface area (Å²) in [7, 11) is -3.12. The molecule has 0 spiro atoms. The van der Waals surface area contributed by atoms with Gasteiger partial charge in [-0.2, -0.15) is 0 Å². The van der Waals surface area contributed by atoms with Crippen molar-refractivity contribution in [2.45, 2.75) is 29.4 Å². The van der Waals surface area contributed by atoms with Gasteiger partial charge in [0.15, 0.2) is 9.84 Å². The van der Waals surface area contributed by atoms with Crippen molar-refractivity contribution >= 4 is 44.8 Å². The molecular weight excluding hydrogens is 438 g/mol. The number of amides is 1. The Labute approximate surface area is 186 Å². The van der Waals surface area contributed by atoms with Crippen LogP contribution in [-0.4, -0.2) is 20.6 Å². The fraction of sp³-hybridized carbons (Fsp3) is 0.174. The number of benzene rings is 3. The highest BCUT2D eigenvalue weighted by atomic mass is 35.5. The number of hydrogen-bond donors (Lipinski definition) is 1. The highest BCUT2D eigenvalue weighted by molar-refractivity contribution is 7.99. The molecule has 3 rings (SSSR count). The van der Waals surface area contributed by atoms with Gasteiger partial charge < -0.3 is 5.32 Å². The minimum absolute atomic E-state index is 0.0557. The molecular formula is C23H22ClNO3S2. The van der Waals surface area contributed by atoms with Crippen molar-refractivity contribution in [3.05, 3.63) is 87.9 Å². The van der Waals surface area contributed by atoms with Gasteiger partial charge in [-0.1, -0.05) is 53.2 Å². The largest absolute Gasteiger partial charge is 0.321 e. The molecule has 0 aliphatic heterocycles. The molecule has 0 aliphatic rings. The number of rotatable bonds is 6. The van der Waals surface area contributed by atoms with Crippen LogP contribution in [0.2, 0.25) is 5.02 Å². The molecule has 7 heteroatoms. The van der Waals surface area contributed by atoms with Gasteiger partial charge in [-0.05, 0) is 61.4 Å². The lowest BCUT2D eigenvalue weighted by atomic mass is 10.1. The summed E-state index contributed by atoms with van der Waals surface area (Å²) in [6.45, 7) is 4.11. The van der Waals surface area contributed by atoms with Crippen LogP contribution in [0.1, 0.15) is 27.0 Å². The Hall–Kier alpha value is -2.28. The quantitative estimate of drug-likeness (QED) is 0.498. The maximum atomic E-state index is 12.8. The summed E-state index contributed by atoms with van der Waals surface area (Å²) in [5.74, 6) is -0.342. The van der Waals surface area contributed by atoms with Crippen molar-refractivity contribution in [3.63, 3.8) is 0 Å². The molecule has 30 heavy (non-hydrogen) atoms. The lowest BCUT2D eigenvalue weighted by Crippen LogP contribution is -2.12. The van der Waals surface area contributed by atoms with E-state index in [1.807, 2.05) is 6.07 Å². The Balaban J connectivity index is 1.82. The lowest BCUT2D eigenvalue weighted by molar-refractivity contribution is 0.102. The molecule has 4 nitrogen and oxygen atoms in total. The lowest BCUT2D eigenvalue weighted by Gasteiger charge is -2.13. The van der Waals surface area contributed by atoms with Gasteiger partial charge in [0.25, 0.3) is 5.91 Å².